The van der Waals surface area contributed by atoms with Gasteiger partial charge in [0.1, 0.15) is 0 Å². The second-order valence-electron chi connectivity index (χ2n) is 5.22. The summed E-state index contributed by atoms with van der Waals surface area (Å²) in [5.74, 6) is 0. The van der Waals surface area contributed by atoms with Crippen molar-refractivity contribution in [3.05, 3.63) is 71.8 Å². The Labute approximate surface area is 130 Å². The molecule has 2 rings (SSSR count). The van der Waals surface area contributed by atoms with Gasteiger partial charge in [-0.05, 0) is 11.1 Å². The molecule has 0 saturated heterocycles. The predicted molar refractivity (Wildman–Crippen MR) is 96.2 cm³/mol. The molecule has 0 aliphatic carbocycles. The molecule has 0 saturated carbocycles. The molecule has 0 heteroatoms. The van der Waals surface area contributed by atoms with Crippen LogP contribution >= 0.6 is 0 Å². The molecule has 0 aromatic heterocycles. The summed E-state index contributed by atoms with van der Waals surface area (Å²) >= 11 is 0. The average Bonchev–Trinajstić information content (AvgIpc) is 2.56. The van der Waals surface area contributed by atoms with Crippen molar-refractivity contribution in [2.45, 2.75) is 46.0 Å². The van der Waals surface area contributed by atoms with Crippen LogP contribution in [0, 0.1) is 0 Å². The third kappa shape index (κ3) is 8.86. The Balaban J connectivity index is 0.000000270. The summed E-state index contributed by atoms with van der Waals surface area (Å²) < 4.78 is 0. The van der Waals surface area contributed by atoms with Gasteiger partial charge in [-0.1, -0.05) is 119 Å². The lowest BCUT2D eigenvalue weighted by Gasteiger charge is -1.92. The van der Waals surface area contributed by atoms with Gasteiger partial charge in [-0.2, -0.15) is 0 Å². The highest BCUT2D eigenvalue weighted by molar-refractivity contribution is 5.69. The Morgan fingerprint density at radius 3 is 1.29 bits per heavy atom. The third-order valence-electron chi connectivity index (χ3n) is 3.27. The van der Waals surface area contributed by atoms with E-state index in [1.54, 1.807) is 0 Å². The van der Waals surface area contributed by atoms with Crippen LogP contribution in [0.1, 0.15) is 57.1 Å². The lowest BCUT2D eigenvalue weighted by molar-refractivity contribution is 0.656. The predicted octanol–water partition coefficient (Wildman–Crippen LogP) is 6.83. The van der Waals surface area contributed by atoms with Gasteiger partial charge >= 0.3 is 0 Å². The molecule has 0 fully saturated rings. The molecule has 0 spiro atoms. The quantitative estimate of drug-likeness (QED) is 0.401. The zero-order valence-corrected chi connectivity index (χ0v) is 13.5. The van der Waals surface area contributed by atoms with Crippen LogP contribution in [-0.2, 0) is 0 Å². The highest BCUT2D eigenvalue weighted by Crippen LogP contribution is 2.07. The lowest BCUT2D eigenvalue weighted by atomic mass is 10.1. The van der Waals surface area contributed by atoms with E-state index in [0.29, 0.717) is 0 Å². The van der Waals surface area contributed by atoms with Gasteiger partial charge < -0.3 is 0 Å². The number of rotatable bonds is 6. The fourth-order valence-electron chi connectivity index (χ4n) is 2.00. The summed E-state index contributed by atoms with van der Waals surface area (Å²) in [6, 6.07) is 20.6. The Morgan fingerprint density at radius 1 is 0.571 bits per heavy atom. The Bertz CT molecular complexity index is 422. The number of hydrogen-bond acceptors (Lipinski definition) is 0. The van der Waals surface area contributed by atoms with Gasteiger partial charge in [0.25, 0.3) is 0 Å². The van der Waals surface area contributed by atoms with E-state index in [1.165, 1.54) is 43.2 Å². The van der Waals surface area contributed by atoms with Gasteiger partial charge in [0.05, 0.1) is 0 Å². The molecule has 0 bridgehead atoms. The molecule has 21 heavy (non-hydrogen) atoms. The first-order valence-electron chi connectivity index (χ1n) is 8.15. The standard InChI is InChI=1S/C14H12.C7H16/c1-3-7-13(8-4-1)11-12-14-9-5-2-6-10-14;1-3-5-7-6-4-2/h1-12H;3-7H2,1-2H3/b12-11+;. The summed E-state index contributed by atoms with van der Waals surface area (Å²) in [5.41, 5.74) is 2.47. The van der Waals surface area contributed by atoms with Gasteiger partial charge in [-0.15, -0.1) is 0 Å². The minimum Gasteiger partial charge on any atom is -0.0654 e. The smallest absolute Gasteiger partial charge is 0.0256 e. The third-order valence-corrected chi connectivity index (χ3v) is 3.27. The Morgan fingerprint density at radius 2 is 0.952 bits per heavy atom. The molecule has 2 aromatic carbocycles. The second-order valence-corrected chi connectivity index (χ2v) is 5.22. The number of benzene rings is 2. The van der Waals surface area contributed by atoms with E-state index in [1.807, 2.05) is 36.4 Å². The van der Waals surface area contributed by atoms with Crippen molar-refractivity contribution in [2.75, 3.05) is 0 Å². The molecule has 0 unspecified atom stereocenters. The Kier molecular flexibility index (Phi) is 9.82. The first kappa shape index (κ1) is 17.2. The van der Waals surface area contributed by atoms with E-state index in [9.17, 15) is 0 Å². The second kappa shape index (κ2) is 12.0. The molecule has 112 valence electrons. The van der Waals surface area contributed by atoms with E-state index in [4.69, 9.17) is 0 Å². The zero-order valence-electron chi connectivity index (χ0n) is 13.5. The summed E-state index contributed by atoms with van der Waals surface area (Å²) in [5, 5.41) is 0. The lowest BCUT2D eigenvalue weighted by Crippen LogP contribution is -1.70. The molecule has 0 nitrogen and oxygen atoms in total. The average molecular weight is 280 g/mol. The van der Waals surface area contributed by atoms with Crippen LogP contribution in [0.5, 0.6) is 0 Å². The monoisotopic (exact) mass is 280 g/mol. The maximum atomic E-state index is 2.25. The van der Waals surface area contributed by atoms with E-state index in [-0.39, 0.29) is 0 Å². The first-order chi connectivity index (χ1) is 10.4. The van der Waals surface area contributed by atoms with Crippen molar-refractivity contribution in [1.29, 1.82) is 0 Å². The number of unbranched alkanes of at least 4 members (excludes halogenated alkanes) is 4. The first-order valence-corrected chi connectivity index (χ1v) is 8.15. The normalized spacial score (nSPS) is 10.2. The molecule has 0 aliphatic rings. The van der Waals surface area contributed by atoms with Crippen molar-refractivity contribution in [1.82, 2.24) is 0 Å². The van der Waals surface area contributed by atoms with Gasteiger partial charge in [-0.25, -0.2) is 0 Å². The molecule has 0 atom stereocenters. The van der Waals surface area contributed by atoms with Gasteiger partial charge in [0, 0.05) is 0 Å². The van der Waals surface area contributed by atoms with Gasteiger partial charge in [-0.3, -0.25) is 0 Å². The topological polar surface area (TPSA) is 0 Å². The molecule has 0 radical (unpaired) electrons. The highest BCUT2D eigenvalue weighted by atomic mass is 13.9. The van der Waals surface area contributed by atoms with Crippen LogP contribution in [0.25, 0.3) is 12.2 Å². The molecular weight excluding hydrogens is 252 g/mol. The fourth-order valence-corrected chi connectivity index (χ4v) is 2.00. The molecule has 2 aromatic rings. The molecular formula is C21H28. The van der Waals surface area contributed by atoms with Crippen LogP contribution in [0.3, 0.4) is 0 Å². The summed E-state index contributed by atoms with van der Waals surface area (Å²) in [6.07, 6.45) is 11.2. The van der Waals surface area contributed by atoms with E-state index < -0.39 is 0 Å². The van der Waals surface area contributed by atoms with E-state index in [0.717, 1.165) is 0 Å². The van der Waals surface area contributed by atoms with E-state index in [2.05, 4.69) is 50.3 Å². The SMILES string of the molecule is C(=C\c1ccccc1)/c1ccccc1.CCCCCCC. The van der Waals surface area contributed by atoms with Crippen LogP contribution in [0.2, 0.25) is 0 Å². The summed E-state index contributed by atoms with van der Waals surface area (Å²) in [6.45, 7) is 4.49. The minimum absolute atomic E-state index is 1.23. The van der Waals surface area contributed by atoms with Crippen molar-refractivity contribution in [3.8, 4) is 0 Å². The maximum Gasteiger partial charge on any atom is -0.0256 e. The van der Waals surface area contributed by atoms with Gasteiger partial charge in [0.2, 0.25) is 0 Å². The van der Waals surface area contributed by atoms with Crippen molar-refractivity contribution >= 4 is 12.2 Å². The van der Waals surface area contributed by atoms with Crippen LogP contribution in [0.15, 0.2) is 60.7 Å². The van der Waals surface area contributed by atoms with E-state index >= 15 is 0 Å². The maximum absolute atomic E-state index is 2.25. The Hall–Kier alpha value is -1.82. The highest BCUT2D eigenvalue weighted by Gasteiger charge is 1.84. The van der Waals surface area contributed by atoms with Crippen molar-refractivity contribution in [3.63, 3.8) is 0 Å². The summed E-state index contributed by atoms with van der Waals surface area (Å²) in [7, 11) is 0. The van der Waals surface area contributed by atoms with Crippen LogP contribution in [0.4, 0.5) is 0 Å². The molecule has 0 N–H and O–H groups in total. The number of hydrogen-bond donors (Lipinski definition) is 0. The molecule has 0 aliphatic heterocycles. The zero-order chi connectivity index (χ0) is 15.2. The fraction of sp³-hybridized carbons (Fsp3) is 0.333. The molecule has 0 amide bonds. The van der Waals surface area contributed by atoms with Crippen molar-refractivity contribution in [2.24, 2.45) is 0 Å². The molecule has 0 heterocycles. The largest absolute Gasteiger partial charge is 0.0654 e. The van der Waals surface area contributed by atoms with Crippen LogP contribution in [-0.4, -0.2) is 0 Å². The summed E-state index contributed by atoms with van der Waals surface area (Å²) in [4.78, 5) is 0. The van der Waals surface area contributed by atoms with Gasteiger partial charge in [0.15, 0.2) is 0 Å². The van der Waals surface area contributed by atoms with Crippen molar-refractivity contribution < 1.29 is 0 Å². The van der Waals surface area contributed by atoms with Crippen LogP contribution < -0.4 is 0 Å². The minimum atomic E-state index is 1.23.